The van der Waals surface area contributed by atoms with Gasteiger partial charge in [-0.25, -0.2) is 4.79 Å². The molecule has 1 fully saturated rings. The topological polar surface area (TPSA) is 41.6 Å². The number of carbonyl (C=O) groups is 1. The molecule has 4 nitrogen and oxygen atoms in total. The molecule has 0 aromatic heterocycles. The monoisotopic (exact) mass is 256 g/mol. The molecule has 1 aliphatic rings. The molecule has 1 rings (SSSR count). The zero-order chi connectivity index (χ0) is 13.4. The fourth-order valence-electron chi connectivity index (χ4n) is 2.48. The lowest BCUT2D eigenvalue weighted by atomic mass is 9.94. The Morgan fingerprint density at radius 1 is 1.39 bits per heavy atom. The average molecular weight is 256 g/mol. The van der Waals surface area contributed by atoms with Crippen LogP contribution in [0.25, 0.3) is 0 Å². The number of ether oxygens (including phenoxy) is 1. The van der Waals surface area contributed by atoms with Gasteiger partial charge in [0.25, 0.3) is 0 Å². The molecule has 0 saturated carbocycles. The number of nitrogens with zero attached hydrogens (tertiary/aromatic N) is 1. The van der Waals surface area contributed by atoms with Crippen LogP contribution in [-0.2, 0) is 4.74 Å². The second kappa shape index (κ2) is 8.35. The van der Waals surface area contributed by atoms with Crippen molar-refractivity contribution in [2.45, 2.75) is 52.5 Å². The van der Waals surface area contributed by atoms with Crippen LogP contribution in [-0.4, -0.2) is 43.3 Å². The molecule has 0 aromatic carbocycles. The Kier molecular flexibility index (Phi) is 7.09. The molecule has 106 valence electrons. The van der Waals surface area contributed by atoms with Gasteiger partial charge in [-0.2, -0.15) is 0 Å². The standard InChI is InChI=1S/C14H28N2O2/c1-4-18-10-6-5-8-15-14(17)16-9-7-12(2)11-13(16)3/h12-13H,4-11H2,1-3H3,(H,15,17). The van der Waals surface area contributed by atoms with Crippen LogP contribution >= 0.6 is 0 Å². The van der Waals surface area contributed by atoms with Crippen molar-refractivity contribution in [2.24, 2.45) is 5.92 Å². The van der Waals surface area contributed by atoms with Crippen LogP contribution in [0, 0.1) is 5.92 Å². The maximum absolute atomic E-state index is 12.0. The lowest BCUT2D eigenvalue weighted by Gasteiger charge is -2.36. The van der Waals surface area contributed by atoms with Gasteiger partial charge in [-0.3, -0.25) is 0 Å². The van der Waals surface area contributed by atoms with E-state index in [1.54, 1.807) is 0 Å². The first-order valence-electron chi connectivity index (χ1n) is 7.27. The Bertz CT molecular complexity index is 246. The summed E-state index contributed by atoms with van der Waals surface area (Å²) in [6.07, 6.45) is 4.25. The van der Waals surface area contributed by atoms with Crippen molar-refractivity contribution in [1.29, 1.82) is 0 Å². The summed E-state index contributed by atoms with van der Waals surface area (Å²) in [5.74, 6) is 0.746. The normalized spacial score (nSPS) is 24.1. The molecule has 4 heteroatoms. The highest BCUT2D eigenvalue weighted by molar-refractivity contribution is 5.74. The number of hydrogen-bond acceptors (Lipinski definition) is 2. The van der Waals surface area contributed by atoms with Gasteiger partial charge in [0.15, 0.2) is 0 Å². The van der Waals surface area contributed by atoms with E-state index in [1.807, 2.05) is 11.8 Å². The number of rotatable bonds is 6. The van der Waals surface area contributed by atoms with Crippen LogP contribution in [0.1, 0.15) is 46.5 Å². The number of piperidine rings is 1. The van der Waals surface area contributed by atoms with Gasteiger partial charge in [0, 0.05) is 32.3 Å². The van der Waals surface area contributed by atoms with Crippen LogP contribution in [0.5, 0.6) is 0 Å². The quantitative estimate of drug-likeness (QED) is 0.742. The van der Waals surface area contributed by atoms with Crippen LogP contribution in [0.2, 0.25) is 0 Å². The van der Waals surface area contributed by atoms with Gasteiger partial charge < -0.3 is 15.0 Å². The minimum absolute atomic E-state index is 0.103. The number of unbranched alkanes of at least 4 members (excludes halogenated alkanes) is 1. The number of likely N-dealkylation sites (tertiary alicyclic amines) is 1. The van der Waals surface area contributed by atoms with E-state index < -0.39 is 0 Å². The minimum atomic E-state index is 0.103. The van der Waals surface area contributed by atoms with E-state index in [9.17, 15) is 4.79 Å². The summed E-state index contributed by atoms with van der Waals surface area (Å²) in [4.78, 5) is 14.0. The first-order chi connectivity index (χ1) is 8.65. The van der Waals surface area contributed by atoms with Crippen LogP contribution in [0.3, 0.4) is 0 Å². The number of carbonyl (C=O) groups excluding carboxylic acids is 1. The molecular weight excluding hydrogens is 228 g/mol. The third kappa shape index (κ3) is 5.25. The van der Waals surface area contributed by atoms with E-state index >= 15 is 0 Å². The van der Waals surface area contributed by atoms with Gasteiger partial charge in [0.05, 0.1) is 0 Å². The number of amides is 2. The Morgan fingerprint density at radius 3 is 2.83 bits per heavy atom. The molecule has 0 spiro atoms. The van der Waals surface area contributed by atoms with Crippen LogP contribution in [0.4, 0.5) is 4.79 Å². The smallest absolute Gasteiger partial charge is 0.317 e. The fourth-order valence-corrected chi connectivity index (χ4v) is 2.48. The van der Waals surface area contributed by atoms with Crippen molar-refractivity contribution in [1.82, 2.24) is 10.2 Å². The molecule has 1 saturated heterocycles. The zero-order valence-electron chi connectivity index (χ0n) is 12.1. The lowest BCUT2D eigenvalue weighted by Crippen LogP contribution is -2.49. The number of urea groups is 1. The van der Waals surface area contributed by atoms with Crippen molar-refractivity contribution >= 4 is 6.03 Å². The van der Waals surface area contributed by atoms with Crippen molar-refractivity contribution in [3.63, 3.8) is 0 Å². The molecule has 1 N–H and O–H groups in total. The van der Waals surface area contributed by atoms with Gasteiger partial charge in [-0.15, -0.1) is 0 Å². The molecule has 2 atom stereocenters. The van der Waals surface area contributed by atoms with E-state index in [4.69, 9.17) is 4.74 Å². The van der Waals surface area contributed by atoms with Crippen molar-refractivity contribution in [3.05, 3.63) is 0 Å². The van der Waals surface area contributed by atoms with Crippen molar-refractivity contribution in [3.8, 4) is 0 Å². The molecule has 18 heavy (non-hydrogen) atoms. The summed E-state index contributed by atoms with van der Waals surface area (Å²) < 4.78 is 5.26. The summed E-state index contributed by atoms with van der Waals surface area (Å²) >= 11 is 0. The molecule has 0 aliphatic carbocycles. The van der Waals surface area contributed by atoms with Gasteiger partial charge >= 0.3 is 6.03 Å². The number of hydrogen-bond donors (Lipinski definition) is 1. The van der Waals surface area contributed by atoms with Gasteiger partial charge in [0.2, 0.25) is 0 Å². The van der Waals surface area contributed by atoms with Gasteiger partial charge in [-0.05, 0) is 45.4 Å². The highest BCUT2D eigenvalue weighted by Crippen LogP contribution is 2.21. The van der Waals surface area contributed by atoms with Crippen LogP contribution < -0.4 is 5.32 Å². The average Bonchev–Trinajstić information content (AvgIpc) is 2.33. The summed E-state index contributed by atoms with van der Waals surface area (Å²) in [5.41, 5.74) is 0. The SMILES string of the molecule is CCOCCCCNC(=O)N1CCC(C)CC1C. The molecule has 2 unspecified atom stereocenters. The molecule has 0 bridgehead atoms. The molecular formula is C14H28N2O2. The summed E-state index contributed by atoms with van der Waals surface area (Å²) in [5, 5.41) is 3.01. The highest BCUT2D eigenvalue weighted by atomic mass is 16.5. The highest BCUT2D eigenvalue weighted by Gasteiger charge is 2.26. The van der Waals surface area contributed by atoms with E-state index in [-0.39, 0.29) is 6.03 Å². The third-order valence-electron chi connectivity index (χ3n) is 3.60. The molecule has 1 aliphatic heterocycles. The molecule has 1 heterocycles. The number of nitrogens with one attached hydrogen (secondary N) is 1. The minimum Gasteiger partial charge on any atom is -0.382 e. The van der Waals surface area contributed by atoms with Crippen molar-refractivity contribution < 1.29 is 9.53 Å². The largest absolute Gasteiger partial charge is 0.382 e. The molecule has 2 amide bonds. The van der Waals surface area contributed by atoms with Gasteiger partial charge in [-0.1, -0.05) is 6.92 Å². The fraction of sp³-hybridized carbons (Fsp3) is 0.929. The summed E-state index contributed by atoms with van der Waals surface area (Å²) in [6, 6.07) is 0.475. The predicted octanol–water partition coefficient (Wildman–Crippen LogP) is 2.63. The molecule has 0 radical (unpaired) electrons. The Balaban J connectivity index is 2.12. The Hall–Kier alpha value is -0.770. The zero-order valence-corrected chi connectivity index (χ0v) is 12.1. The first-order valence-corrected chi connectivity index (χ1v) is 7.27. The third-order valence-corrected chi connectivity index (χ3v) is 3.60. The first kappa shape index (κ1) is 15.3. The lowest BCUT2D eigenvalue weighted by molar-refractivity contribution is 0.136. The van der Waals surface area contributed by atoms with E-state index in [0.29, 0.717) is 6.04 Å². The Labute approximate surface area is 111 Å². The van der Waals surface area contributed by atoms with E-state index in [2.05, 4.69) is 19.2 Å². The van der Waals surface area contributed by atoms with Crippen LogP contribution in [0.15, 0.2) is 0 Å². The second-order valence-electron chi connectivity index (χ2n) is 5.31. The maximum atomic E-state index is 12.0. The Morgan fingerprint density at radius 2 is 2.17 bits per heavy atom. The van der Waals surface area contributed by atoms with E-state index in [0.717, 1.165) is 57.9 Å². The molecule has 0 aromatic rings. The summed E-state index contributed by atoms with van der Waals surface area (Å²) in [6.45, 7) is 9.63. The second-order valence-corrected chi connectivity index (χ2v) is 5.31. The van der Waals surface area contributed by atoms with Gasteiger partial charge in [0.1, 0.15) is 0 Å². The van der Waals surface area contributed by atoms with E-state index in [1.165, 1.54) is 0 Å². The summed E-state index contributed by atoms with van der Waals surface area (Å²) in [7, 11) is 0. The maximum Gasteiger partial charge on any atom is 0.317 e. The predicted molar refractivity (Wildman–Crippen MR) is 73.7 cm³/mol. The van der Waals surface area contributed by atoms with Crippen molar-refractivity contribution in [2.75, 3.05) is 26.3 Å².